The molecule has 2 rings (SSSR count). The average molecular weight is 240 g/mol. The van der Waals surface area contributed by atoms with Crippen LogP contribution in [0.15, 0.2) is 0 Å². The second-order valence-electron chi connectivity index (χ2n) is 4.98. The van der Waals surface area contributed by atoms with Crippen LogP contribution in [0, 0.1) is 11.8 Å². The standard InChI is InChI=1S/C12H20N2O3/c15-11(9-8-10(9)12(16)17)13-4-3-7-14-5-1-2-6-14/h9-10H,1-8H2,(H,13,15)(H,16,17)/t9-,10+/m1/s1. The van der Waals surface area contributed by atoms with Crippen molar-refractivity contribution in [2.24, 2.45) is 11.8 Å². The monoisotopic (exact) mass is 240 g/mol. The van der Waals surface area contributed by atoms with E-state index in [0.29, 0.717) is 13.0 Å². The summed E-state index contributed by atoms with van der Waals surface area (Å²) in [6, 6.07) is 0. The highest BCUT2D eigenvalue weighted by Gasteiger charge is 2.48. The van der Waals surface area contributed by atoms with Gasteiger partial charge in [0.05, 0.1) is 11.8 Å². The summed E-state index contributed by atoms with van der Waals surface area (Å²) in [6.07, 6.45) is 4.03. The molecule has 0 spiro atoms. The Morgan fingerprint density at radius 2 is 1.94 bits per heavy atom. The summed E-state index contributed by atoms with van der Waals surface area (Å²) in [5.41, 5.74) is 0. The van der Waals surface area contributed by atoms with Crippen molar-refractivity contribution in [2.75, 3.05) is 26.2 Å². The van der Waals surface area contributed by atoms with Gasteiger partial charge in [-0.05, 0) is 45.3 Å². The van der Waals surface area contributed by atoms with E-state index in [2.05, 4.69) is 10.2 Å². The molecule has 1 saturated carbocycles. The second kappa shape index (κ2) is 5.49. The number of carbonyl (C=O) groups excluding carboxylic acids is 1. The van der Waals surface area contributed by atoms with Crippen LogP contribution in [0.2, 0.25) is 0 Å². The number of rotatable bonds is 6. The summed E-state index contributed by atoms with van der Waals surface area (Å²) in [5.74, 6) is -1.64. The topological polar surface area (TPSA) is 69.6 Å². The number of hydrogen-bond acceptors (Lipinski definition) is 3. The van der Waals surface area contributed by atoms with Crippen molar-refractivity contribution in [1.82, 2.24) is 10.2 Å². The largest absolute Gasteiger partial charge is 0.481 e. The van der Waals surface area contributed by atoms with Gasteiger partial charge in [0.2, 0.25) is 5.91 Å². The van der Waals surface area contributed by atoms with Crippen LogP contribution in [0.5, 0.6) is 0 Å². The third kappa shape index (κ3) is 3.43. The number of carboxylic acid groups (broad SMARTS) is 1. The first-order valence-electron chi connectivity index (χ1n) is 6.41. The highest BCUT2D eigenvalue weighted by molar-refractivity contribution is 5.89. The Morgan fingerprint density at radius 3 is 2.53 bits per heavy atom. The summed E-state index contributed by atoms with van der Waals surface area (Å²) in [6.45, 7) is 4.06. The van der Waals surface area contributed by atoms with Crippen LogP contribution in [-0.2, 0) is 9.59 Å². The lowest BCUT2D eigenvalue weighted by Crippen LogP contribution is -2.30. The fourth-order valence-electron chi connectivity index (χ4n) is 2.41. The molecule has 5 nitrogen and oxygen atoms in total. The van der Waals surface area contributed by atoms with Crippen LogP contribution in [0.4, 0.5) is 0 Å². The second-order valence-corrected chi connectivity index (χ2v) is 4.98. The maximum absolute atomic E-state index is 11.5. The zero-order valence-corrected chi connectivity index (χ0v) is 10.0. The van der Waals surface area contributed by atoms with Gasteiger partial charge in [-0.1, -0.05) is 0 Å². The molecule has 0 aromatic heterocycles. The molecule has 96 valence electrons. The fourth-order valence-corrected chi connectivity index (χ4v) is 2.41. The number of carboxylic acids is 1. The van der Waals surface area contributed by atoms with E-state index >= 15 is 0 Å². The molecule has 0 bridgehead atoms. The van der Waals surface area contributed by atoms with Gasteiger partial charge in [-0.2, -0.15) is 0 Å². The first kappa shape index (κ1) is 12.4. The lowest BCUT2D eigenvalue weighted by atomic mass is 10.3. The molecule has 1 amide bonds. The summed E-state index contributed by atoms with van der Waals surface area (Å²) in [5, 5.41) is 11.5. The molecule has 0 aromatic carbocycles. The van der Waals surface area contributed by atoms with Gasteiger partial charge in [0.15, 0.2) is 0 Å². The normalized spacial score (nSPS) is 28.0. The number of nitrogens with one attached hydrogen (secondary N) is 1. The number of nitrogens with zero attached hydrogens (tertiary/aromatic N) is 1. The summed E-state index contributed by atoms with van der Waals surface area (Å²) in [4.78, 5) is 24.5. The van der Waals surface area contributed by atoms with Crippen LogP contribution >= 0.6 is 0 Å². The third-order valence-corrected chi connectivity index (χ3v) is 3.59. The molecule has 1 heterocycles. The minimum atomic E-state index is -0.845. The molecular formula is C12H20N2O3. The maximum atomic E-state index is 11.5. The summed E-state index contributed by atoms with van der Waals surface area (Å²) in [7, 11) is 0. The summed E-state index contributed by atoms with van der Waals surface area (Å²) >= 11 is 0. The first-order chi connectivity index (χ1) is 8.18. The average Bonchev–Trinajstić information content (AvgIpc) is 2.95. The predicted octanol–water partition coefficient (Wildman–Crippen LogP) is 0.309. The van der Waals surface area contributed by atoms with Gasteiger partial charge in [0.1, 0.15) is 0 Å². The molecule has 1 aliphatic carbocycles. The van der Waals surface area contributed by atoms with Gasteiger partial charge in [-0.3, -0.25) is 9.59 Å². The van der Waals surface area contributed by atoms with Gasteiger partial charge < -0.3 is 15.3 Å². The molecule has 17 heavy (non-hydrogen) atoms. The Bertz CT molecular complexity index is 300. The van der Waals surface area contributed by atoms with Crippen LogP contribution in [0.25, 0.3) is 0 Å². The Hall–Kier alpha value is -1.10. The lowest BCUT2D eigenvalue weighted by molar-refractivity contribution is -0.140. The Kier molecular flexibility index (Phi) is 3.99. The summed E-state index contributed by atoms with van der Waals surface area (Å²) < 4.78 is 0. The smallest absolute Gasteiger partial charge is 0.307 e. The number of likely N-dealkylation sites (tertiary alicyclic amines) is 1. The number of carbonyl (C=O) groups is 2. The number of hydrogen-bond donors (Lipinski definition) is 2. The predicted molar refractivity (Wildman–Crippen MR) is 62.5 cm³/mol. The fraction of sp³-hybridized carbons (Fsp3) is 0.833. The molecule has 2 atom stereocenters. The van der Waals surface area contributed by atoms with E-state index in [1.165, 1.54) is 25.9 Å². The van der Waals surface area contributed by atoms with Crippen molar-refractivity contribution in [1.29, 1.82) is 0 Å². The number of amides is 1. The molecule has 2 fully saturated rings. The minimum absolute atomic E-state index is 0.0844. The molecule has 0 aromatic rings. The molecule has 1 aliphatic heterocycles. The third-order valence-electron chi connectivity index (χ3n) is 3.59. The zero-order valence-electron chi connectivity index (χ0n) is 10.0. The van der Waals surface area contributed by atoms with Gasteiger partial charge in [-0.25, -0.2) is 0 Å². The molecule has 0 radical (unpaired) electrons. The Labute approximate surface area is 101 Å². The van der Waals surface area contributed by atoms with Crippen molar-refractivity contribution in [3.05, 3.63) is 0 Å². The van der Waals surface area contributed by atoms with E-state index in [1.54, 1.807) is 0 Å². The molecule has 2 N–H and O–H groups in total. The van der Waals surface area contributed by atoms with Gasteiger partial charge >= 0.3 is 5.97 Å². The van der Waals surface area contributed by atoms with Crippen molar-refractivity contribution in [2.45, 2.75) is 25.7 Å². The van der Waals surface area contributed by atoms with Crippen LogP contribution < -0.4 is 5.32 Å². The SMILES string of the molecule is O=C(O)[C@H]1C[C@H]1C(=O)NCCCN1CCCC1. The van der Waals surface area contributed by atoms with Crippen LogP contribution in [0.1, 0.15) is 25.7 Å². The zero-order chi connectivity index (χ0) is 12.3. The minimum Gasteiger partial charge on any atom is -0.481 e. The number of aliphatic carboxylic acids is 1. The van der Waals surface area contributed by atoms with Gasteiger partial charge in [-0.15, -0.1) is 0 Å². The van der Waals surface area contributed by atoms with Crippen molar-refractivity contribution >= 4 is 11.9 Å². The Balaban J connectivity index is 1.53. The molecular weight excluding hydrogens is 220 g/mol. The van der Waals surface area contributed by atoms with Gasteiger partial charge in [0, 0.05) is 6.54 Å². The van der Waals surface area contributed by atoms with Crippen LogP contribution in [-0.4, -0.2) is 48.1 Å². The van der Waals surface area contributed by atoms with Gasteiger partial charge in [0.25, 0.3) is 0 Å². The van der Waals surface area contributed by atoms with E-state index in [4.69, 9.17) is 5.11 Å². The molecule has 0 unspecified atom stereocenters. The van der Waals surface area contributed by atoms with Crippen molar-refractivity contribution in [3.8, 4) is 0 Å². The maximum Gasteiger partial charge on any atom is 0.307 e. The molecule has 5 heteroatoms. The highest BCUT2D eigenvalue weighted by atomic mass is 16.4. The molecule has 2 aliphatic rings. The van der Waals surface area contributed by atoms with Crippen molar-refractivity contribution < 1.29 is 14.7 Å². The van der Waals surface area contributed by atoms with E-state index < -0.39 is 11.9 Å². The quantitative estimate of drug-likeness (QED) is 0.656. The van der Waals surface area contributed by atoms with E-state index in [0.717, 1.165) is 13.0 Å². The highest BCUT2D eigenvalue weighted by Crippen LogP contribution is 2.38. The van der Waals surface area contributed by atoms with E-state index in [-0.39, 0.29) is 11.8 Å². The first-order valence-corrected chi connectivity index (χ1v) is 6.41. The van der Waals surface area contributed by atoms with E-state index in [1.807, 2.05) is 0 Å². The van der Waals surface area contributed by atoms with Crippen LogP contribution in [0.3, 0.4) is 0 Å². The molecule has 1 saturated heterocycles. The van der Waals surface area contributed by atoms with E-state index in [9.17, 15) is 9.59 Å². The van der Waals surface area contributed by atoms with Crippen molar-refractivity contribution in [3.63, 3.8) is 0 Å². The lowest BCUT2D eigenvalue weighted by Gasteiger charge is -2.14. The Morgan fingerprint density at radius 1 is 1.24 bits per heavy atom.